The number of amides is 2. The predicted molar refractivity (Wildman–Crippen MR) is 95.7 cm³/mol. The summed E-state index contributed by atoms with van der Waals surface area (Å²) in [6, 6.07) is 4.32. The third-order valence-corrected chi connectivity index (χ3v) is 5.22. The average Bonchev–Trinajstić information content (AvgIpc) is 2.91. The van der Waals surface area contributed by atoms with Gasteiger partial charge in [-0.2, -0.15) is 5.10 Å². The number of hydrogen-bond acceptors (Lipinski definition) is 5. The molecule has 7 heteroatoms. The van der Waals surface area contributed by atoms with Crippen LogP contribution in [-0.2, 0) is 16.6 Å². The van der Waals surface area contributed by atoms with Crippen LogP contribution < -0.4 is 15.5 Å². The molecule has 3 heterocycles. The number of rotatable bonds is 2. The summed E-state index contributed by atoms with van der Waals surface area (Å²) in [4.78, 5) is 26.1. The quantitative estimate of drug-likeness (QED) is 0.791. The van der Waals surface area contributed by atoms with E-state index in [1.54, 1.807) is 0 Å². The van der Waals surface area contributed by atoms with Crippen molar-refractivity contribution in [2.24, 2.45) is 7.05 Å². The third-order valence-electron chi connectivity index (χ3n) is 5.22. The summed E-state index contributed by atoms with van der Waals surface area (Å²) in [7, 11) is 1.91. The normalized spacial score (nSPS) is 21.7. The third kappa shape index (κ3) is 2.78. The van der Waals surface area contributed by atoms with Crippen LogP contribution in [0.2, 0.25) is 0 Å². The van der Waals surface area contributed by atoms with Gasteiger partial charge in [0.2, 0.25) is 11.8 Å². The number of anilines is 1. The fourth-order valence-corrected chi connectivity index (χ4v) is 3.89. The van der Waals surface area contributed by atoms with E-state index in [0.717, 1.165) is 42.8 Å². The molecule has 2 fully saturated rings. The Labute approximate surface area is 146 Å². The molecule has 2 aromatic rings. The first-order valence-corrected chi connectivity index (χ1v) is 8.81. The van der Waals surface area contributed by atoms with Crippen LogP contribution in [0.1, 0.15) is 30.0 Å². The van der Waals surface area contributed by atoms with Crippen molar-refractivity contribution in [3.8, 4) is 0 Å². The number of piperazine rings is 1. The van der Waals surface area contributed by atoms with Gasteiger partial charge in [-0.3, -0.25) is 19.6 Å². The molecule has 25 heavy (non-hydrogen) atoms. The van der Waals surface area contributed by atoms with Crippen LogP contribution in [0, 0.1) is 6.92 Å². The number of fused-ring (bicyclic) bond motifs is 1. The predicted octanol–water partition coefficient (Wildman–Crippen LogP) is 0.812. The SMILES string of the molecule is Cc1cc2c(C3CCC(=O)NC3=O)nn(C)c2cc1N1CCNCC1. The van der Waals surface area contributed by atoms with Gasteiger partial charge in [0.1, 0.15) is 0 Å². The summed E-state index contributed by atoms with van der Waals surface area (Å²) in [5, 5.41) is 11.5. The van der Waals surface area contributed by atoms with Crippen LogP contribution in [0.15, 0.2) is 12.1 Å². The highest BCUT2D eigenvalue weighted by atomic mass is 16.2. The van der Waals surface area contributed by atoms with Crippen molar-refractivity contribution in [3.63, 3.8) is 0 Å². The van der Waals surface area contributed by atoms with Gasteiger partial charge in [0, 0.05) is 50.7 Å². The fourth-order valence-electron chi connectivity index (χ4n) is 3.89. The van der Waals surface area contributed by atoms with Gasteiger partial charge in [-0.1, -0.05) is 0 Å². The lowest BCUT2D eigenvalue weighted by molar-refractivity contribution is -0.134. The van der Waals surface area contributed by atoms with Crippen LogP contribution in [0.25, 0.3) is 10.9 Å². The smallest absolute Gasteiger partial charge is 0.235 e. The molecule has 1 atom stereocenters. The lowest BCUT2D eigenvalue weighted by atomic mass is 9.92. The number of imide groups is 1. The Hall–Kier alpha value is -2.41. The van der Waals surface area contributed by atoms with Gasteiger partial charge >= 0.3 is 0 Å². The van der Waals surface area contributed by atoms with E-state index in [0.29, 0.717) is 12.8 Å². The van der Waals surface area contributed by atoms with Gasteiger partial charge in [0.05, 0.1) is 17.1 Å². The minimum atomic E-state index is -0.356. The van der Waals surface area contributed by atoms with Gasteiger partial charge in [-0.25, -0.2) is 0 Å². The summed E-state index contributed by atoms with van der Waals surface area (Å²) in [5.74, 6) is -0.787. The monoisotopic (exact) mass is 341 g/mol. The number of aromatic nitrogens is 2. The molecule has 0 radical (unpaired) electrons. The zero-order chi connectivity index (χ0) is 17.6. The Morgan fingerprint density at radius 3 is 2.68 bits per heavy atom. The zero-order valence-electron chi connectivity index (χ0n) is 14.6. The van der Waals surface area contributed by atoms with Gasteiger partial charge in [0.15, 0.2) is 0 Å². The molecule has 2 aliphatic rings. The summed E-state index contributed by atoms with van der Waals surface area (Å²) in [5.41, 5.74) is 4.22. The standard InChI is InChI=1S/C18H23N5O2/c1-11-9-13-15(10-14(11)23-7-5-19-6-8-23)22(2)21-17(13)12-3-4-16(24)20-18(12)25/h9-10,12,19H,3-8H2,1-2H3,(H,20,24,25). The summed E-state index contributed by atoms with van der Waals surface area (Å²) >= 11 is 0. The van der Waals surface area contributed by atoms with E-state index in [4.69, 9.17) is 0 Å². The molecule has 1 aromatic heterocycles. The summed E-state index contributed by atoms with van der Waals surface area (Å²) < 4.78 is 1.85. The number of carbonyl (C=O) groups is 2. The lowest BCUT2D eigenvalue weighted by Crippen LogP contribution is -2.43. The number of piperidine rings is 1. The van der Waals surface area contributed by atoms with Gasteiger partial charge in [-0.15, -0.1) is 0 Å². The maximum Gasteiger partial charge on any atom is 0.235 e. The van der Waals surface area contributed by atoms with Crippen molar-refractivity contribution in [3.05, 3.63) is 23.4 Å². The second-order valence-corrected chi connectivity index (χ2v) is 6.91. The number of nitrogens with zero attached hydrogens (tertiary/aromatic N) is 3. The summed E-state index contributed by atoms with van der Waals surface area (Å²) in [6.07, 6.45) is 0.891. The molecule has 2 saturated heterocycles. The molecule has 4 rings (SSSR count). The first-order chi connectivity index (χ1) is 12.0. The topological polar surface area (TPSA) is 79.3 Å². The van der Waals surface area contributed by atoms with Crippen LogP contribution in [0.3, 0.4) is 0 Å². The molecule has 1 aromatic carbocycles. The van der Waals surface area contributed by atoms with Crippen LogP contribution in [0.5, 0.6) is 0 Å². The van der Waals surface area contributed by atoms with E-state index >= 15 is 0 Å². The van der Waals surface area contributed by atoms with Crippen molar-refractivity contribution in [1.29, 1.82) is 0 Å². The van der Waals surface area contributed by atoms with Crippen molar-refractivity contribution >= 4 is 28.4 Å². The molecule has 0 saturated carbocycles. The Morgan fingerprint density at radius 2 is 1.96 bits per heavy atom. The van der Waals surface area contributed by atoms with Crippen LogP contribution >= 0.6 is 0 Å². The molecule has 0 spiro atoms. The van der Waals surface area contributed by atoms with Gasteiger partial charge in [0.25, 0.3) is 0 Å². The molecule has 0 aliphatic carbocycles. The van der Waals surface area contributed by atoms with E-state index in [1.165, 1.54) is 11.3 Å². The number of aryl methyl sites for hydroxylation is 2. The molecule has 7 nitrogen and oxygen atoms in total. The van der Waals surface area contributed by atoms with Gasteiger partial charge < -0.3 is 10.2 Å². The molecule has 0 bridgehead atoms. The zero-order valence-corrected chi connectivity index (χ0v) is 14.6. The Morgan fingerprint density at radius 1 is 1.20 bits per heavy atom. The number of nitrogens with one attached hydrogen (secondary N) is 2. The minimum Gasteiger partial charge on any atom is -0.369 e. The fraction of sp³-hybridized carbons (Fsp3) is 0.500. The maximum atomic E-state index is 12.3. The number of hydrogen-bond donors (Lipinski definition) is 2. The first-order valence-electron chi connectivity index (χ1n) is 8.81. The maximum absolute atomic E-state index is 12.3. The van der Waals surface area contributed by atoms with E-state index in [-0.39, 0.29) is 17.7 Å². The molecule has 132 valence electrons. The molecular weight excluding hydrogens is 318 g/mol. The highest BCUT2D eigenvalue weighted by Crippen LogP contribution is 2.34. The second-order valence-electron chi connectivity index (χ2n) is 6.91. The first kappa shape index (κ1) is 16.1. The molecule has 2 N–H and O–H groups in total. The average molecular weight is 341 g/mol. The van der Waals surface area contributed by atoms with Crippen molar-refractivity contribution in [2.45, 2.75) is 25.7 Å². The van der Waals surface area contributed by atoms with Crippen molar-refractivity contribution in [2.75, 3.05) is 31.1 Å². The van der Waals surface area contributed by atoms with Crippen LogP contribution in [-0.4, -0.2) is 47.8 Å². The van der Waals surface area contributed by atoms with E-state index in [2.05, 4.69) is 39.7 Å². The Bertz CT molecular complexity index is 851. The second kappa shape index (κ2) is 6.15. The molecule has 2 aliphatic heterocycles. The number of carbonyl (C=O) groups excluding carboxylic acids is 2. The lowest BCUT2D eigenvalue weighted by Gasteiger charge is -2.30. The van der Waals surface area contributed by atoms with Crippen molar-refractivity contribution < 1.29 is 9.59 Å². The number of benzene rings is 1. The minimum absolute atomic E-state index is 0.196. The summed E-state index contributed by atoms with van der Waals surface area (Å²) in [6.45, 7) is 6.07. The van der Waals surface area contributed by atoms with E-state index in [1.807, 2.05) is 11.7 Å². The molecular formula is C18H23N5O2. The van der Waals surface area contributed by atoms with E-state index in [9.17, 15) is 9.59 Å². The Kier molecular flexibility index (Phi) is 3.95. The highest BCUT2D eigenvalue weighted by Gasteiger charge is 2.32. The van der Waals surface area contributed by atoms with E-state index < -0.39 is 0 Å². The highest BCUT2D eigenvalue weighted by molar-refractivity contribution is 6.02. The van der Waals surface area contributed by atoms with Gasteiger partial charge in [-0.05, 0) is 31.0 Å². The largest absolute Gasteiger partial charge is 0.369 e. The van der Waals surface area contributed by atoms with Crippen LogP contribution in [0.4, 0.5) is 5.69 Å². The van der Waals surface area contributed by atoms with Crippen molar-refractivity contribution in [1.82, 2.24) is 20.4 Å². The molecule has 2 amide bonds. The molecule has 1 unspecified atom stereocenters. The Balaban J connectivity index is 1.76.